The highest BCUT2D eigenvalue weighted by atomic mass is 32.2. The van der Waals surface area contributed by atoms with Crippen molar-refractivity contribution in [3.8, 4) is 0 Å². The molecule has 0 saturated carbocycles. The fraction of sp³-hybridized carbons (Fsp3) is 0.533. The standard InChI is InChI=1S/C15H20N2OS/c1-11-15(2,8-9-18-11)17-14-16-13(10-19-14)12-6-4-3-5-7-12/h3-7,11,13H,8-10H2,1-2H3,(H,16,17). The van der Waals surface area contributed by atoms with E-state index >= 15 is 0 Å². The minimum absolute atomic E-state index is 0.0252. The van der Waals surface area contributed by atoms with Gasteiger partial charge < -0.3 is 10.1 Å². The number of rotatable bonds is 2. The lowest BCUT2D eigenvalue weighted by Crippen LogP contribution is -2.49. The monoisotopic (exact) mass is 276 g/mol. The summed E-state index contributed by atoms with van der Waals surface area (Å²) in [6.45, 7) is 5.20. The van der Waals surface area contributed by atoms with E-state index in [1.807, 2.05) is 17.8 Å². The Bertz CT molecular complexity index is 476. The molecule has 0 bridgehead atoms. The van der Waals surface area contributed by atoms with Crippen molar-refractivity contribution in [3.05, 3.63) is 35.9 Å². The second-order valence-electron chi connectivity index (χ2n) is 5.48. The molecule has 3 rings (SSSR count). The van der Waals surface area contributed by atoms with Gasteiger partial charge in [0.15, 0.2) is 5.17 Å². The highest BCUT2D eigenvalue weighted by molar-refractivity contribution is 8.14. The van der Waals surface area contributed by atoms with E-state index in [4.69, 9.17) is 9.73 Å². The first-order chi connectivity index (χ1) is 9.17. The van der Waals surface area contributed by atoms with Crippen molar-refractivity contribution in [3.63, 3.8) is 0 Å². The largest absolute Gasteiger partial charge is 0.376 e. The SMILES string of the molecule is CC1OCCC1(C)NC1=NC(c2ccccc2)CS1. The van der Waals surface area contributed by atoms with Crippen molar-refractivity contribution < 1.29 is 4.74 Å². The number of nitrogens with one attached hydrogen (secondary N) is 1. The zero-order valence-electron chi connectivity index (χ0n) is 11.4. The van der Waals surface area contributed by atoms with Crippen LogP contribution in [0.25, 0.3) is 0 Å². The van der Waals surface area contributed by atoms with Crippen LogP contribution in [0.2, 0.25) is 0 Å². The second kappa shape index (κ2) is 5.17. The van der Waals surface area contributed by atoms with Gasteiger partial charge in [-0.05, 0) is 25.8 Å². The molecule has 1 N–H and O–H groups in total. The van der Waals surface area contributed by atoms with Crippen LogP contribution in [0.3, 0.4) is 0 Å². The zero-order valence-corrected chi connectivity index (χ0v) is 12.2. The van der Waals surface area contributed by atoms with Crippen LogP contribution in [-0.4, -0.2) is 29.2 Å². The lowest BCUT2D eigenvalue weighted by atomic mass is 9.95. The topological polar surface area (TPSA) is 33.6 Å². The second-order valence-corrected chi connectivity index (χ2v) is 6.49. The van der Waals surface area contributed by atoms with E-state index in [-0.39, 0.29) is 17.7 Å². The maximum atomic E-state index is 5.66. The van der Waals surface area contributed by atoms with Gasteiger partial charge in [0.05, 0.1) is 17.7 Å². The molecule has 3 unspecified atom stereocenters. The van der Waals surface area contributed by atoms with Crippen LogP contribution in [-0.2, 0) is 4.74 Å². The number of hydrogen-bond donors (Lipinski definition) is 1. The maximum absolute atomic E-state index is 5.66. The Hall–Kier alpha value is -1.00. The molecule has 0 amide bonds. The van der Waals surface area contributed by atoms with Gasteiger partial charge in [-0.2, -0.15) is 0 Å². The van der Waals surface area contributed by atoms with E-state index in [2.05, 4.69) is 43.4 Å². The third kappa shape index (κ3) is 2.65. The Labute approximate surface area is 118 Å². The van der Waals surface area contributed by atoms with Gasteiger partial charge in [0.2, 0.25) is 0 Å². The number of hydrogen-bond acceptors (Lipinski definition) is 4. The van der Waals surface area contributed by atoms with Gasteiger partial charge in [0, 0.05) is 12.4 Å². The van der Waals surface area contributed by atoms with Crippen molar-refractivity contribution in [2.24, 2.45) is 4.99 Å². The Morgan fingerprint density at radius 1 is 1.37 bits per heavy atom. The molecule has 3 atom stereocenters. The molecular formula is C15H20N2OS. The van der Waals surface area contributed by atoms with E-state index in [9.17, 15) is 0 Å². The van der Waals surface area contributed by atoms with Crippen molar-refractivity contribution in [1.29, 1.82) is 0 Å². The Morgan fingerprint density at radius 3 is 2.84 bits per heavy atom. The van der Waals surface area contributed by atoms with Crippen molar-refractivity contribution in [2.75, 3.05) is 12.4 Å². The molecular weight excluding hydrogens is 256 g/mol. The maximum Gasteiger partial charge on any atom is 0.157 e. The van der Waals surface area contributed by atoms with Crippen LogP contribution in [0.5, 0.6) is 0 Å². The number of benzene rings is 1. The van der Waals surface area contributed by atoms with Crippen molar-refractivity contribution in [2.45, 2.75) is 38.0 Å². The Morgan fingerprint density at radius 2 is 2.16 bits per heavy atom. The predicted molar refractivity (Wildman–Crippen MR) is 80.6 cm³/mol. The fourth-order valence-corrected chi connectivity index (χ4v) is 3.62. The van der Waals surface area contributed by atoms with E-state index in [0.29, 0.717) is 0 Å². The van der Waals surface area contributed by atoms with Gasteiger partial charge in [-0.25, -0.2) is 0 Å². The van der Waals surface area contributed by atoms with Crippen LogP contribution in [0, 0.1) is 0 Å². The summed E-state index contributed by atoms with van der Waals surface area (Å²) in [4.78, 5) is 4.81. The molecule has 1 aromatic carbocycles. The average molecular weight is 276 g/mol. The van der Waals surface area contributed by atoms with Crippen molar-refractivity contribution >= 4 is 16.9 Å². The molecule has 4 heteroatoms. The molecule has 1 aromatic rings. The third-order valence-corrected chi connectivity index (χ3v) is 5.08. The average Bonchev–Trinajstić information content (AvgIpc) is 2.99. The minimum Gasteiger partial charge on any atom is -0.376 e. The predicted octanol–water partition coefficient (Wildman–Crippen LogP) is 2.99. The summed E-state index contributed by atoms with van der Waals surface area (Å²) in [6, 6.07) is 10.8. The van der Waals surface area contributed by atoms with Crippen molar-refractivity contribution in [1.82, 2.24) is 5.32 Å². The first-order valence-electron chi connectivity index (χ1n) is 6.83. The van der Waals surface area contributed by atoms with Gasteiger partial charge in [0.1, 0.15) is 0 Å². The molecule has 3 nitrogen and oxygen atoms in total. The molecule has 0 aromatic heterocycles. The van der Waals surface area contributed by atoms with Crippen LogP contribution >= 0.6 is 11.8 Å². The number of ether oxygens (including phenoxy) is 1. The summed E-state index contributed by atoms with van der Waals surface area (Å²) in [7, 11) is 0. The summed E-state index contributed by atoms with van der Waals surface area (Å²) >= 11 is 1.82. The van der Waals surface area contributed by atoms with E-state index in [0.717, 1.165) is 23.9 Å². The van der Waals surface area contributed by atoms with Gasteiger partial charge in [-0.15, -0.1) is 0 Å². The molecule has 0 aliphatic carbocycles. The van der Waals surface area contributed by atoms with Gasteiger partial charge in [-0.1, -0.05) is 42.1 Å². The highest BCUT2D eigenvalue weighted by Crippen LogP contribution is 2.32. The molecule has 19 heavy (non-hydrogen) atoms. The van der Waals surface area contributed by atoms with E-state index in [1.165, 1.54) is 5.56 Å². The number of amidine groups is 1. The smallest absolute Gasteiger partial charge is 0.157 e. The first kappa shape index (κ1) is 13.0. The molecule has 2 aliphatic rings. The lowest BCUT2D eigenvalue weighted by Gasteiger charge is -2.29. The summed E-state index contributed by atoms with van der Waals surface area (Å²) < 4.78 is 5.66. The Balaban J connectivity index is 1.70. The van der Waals surface area contributed by atoms with E-state index < -0.39 is 0 Å². The van der Waals surface area contributed by atoms with Crippen LogP contribution in [0.15, 0.2) is 35.3 Å². The molecule has 0 radical (unpaired) electrons. The highest BCUT2D eigenvalue weighted by Gasteiger charge is 2.38. The number of aliphatic imine (C=N–C) groups is 1. The summed E-state index contributed by atoms with van der Waals surface area (Å²) in [5.74, 6) is 1.03. The minimum atomic E-state index is 0.0252. The first-order valence-corrected chi connectivity index (χ1v) is 7.81. The number of nitrogens with zero attached hydrogens (tertiary/aromatic N) is 1. The molecule has 0 spiro atoms. The van der Waals surface area contributed by atoms with Gasteiger partial charge in [0.25, 0.3) is 0 Å². The summed E-state index contributed by atoms with van der Waals surface area (Å²) in [6.07, 6.45) is 1.29. The number of thioether (sulfide) groups is 1. The zero-order chi connectivity index (χ0) is 13.3. The molecule has 102 valence electrons. The van der Waals surface area contributed by atoms with E-state index in [1.54, 1.807) is 0 Å². The van der Waals surface area contributed by atoms with Crippen LogP contribution in [0.4, 0.5) is 0 Å². The van der Waals surface area contributed by atoms with Gasteiger partial charge in [-0.3, -0.25) is 4.99 Å². The Kier molecular flexibility index (Phi) is 3.54. The molecule has 2 heterocycles. The summed E-state index contributed by atoms with van der Waals surface area (Å²) in [5, 5.41) is 4.66. The normalized spacial score (nSPS) is 34.3. The van der Waals surface area contributed by atoms with Crippen LogP contribution in [0.1, 0.15) is 31.9 Å². The molecule has 1 fully saturated rings. The fourth-order valence-electron chi connectivity index (χ4n) is 2.53. The van der Waals surface area contributed by atoms with Crippen LogP contribution < -0.4 is 5.32 Å². The van der Waals surface area contributed by atoms with Gasteiger partial charge >= 0.3 is 0 Å². The molecule has 1 saturated heterocycles. The molecule has 2 aliphatic heterocycles. The quantitative estimate of drug-likeness (QED) is 0.901. The third-order valence-electron chi connectivity index (χ3n) is 4.11. The lowest BCUT2D eigenvalue weighted by molar-refractivity contribution is 0.0950. The summed E-state index contributed by atoms with van der Waals surface area (Å²) in [5.41, 5.74) is 1.32.